The van der Waals surface area contributed by atoms with Crippen LogP contribution < -0.4 is 4.72 Å². The van der Waals surface area contributed by atoms with Gasteiger partial charge >= 0.3 is 0 Å². The molecule has 3 nitrogen and oxygen atoms in total. The van der Waals surface area contributed by atoms with E-state index in [1.54, 1.807) is 0 Å². The van der Waals surface area contributed by atoms with Crippen LogP contribution in [0.25, 0.3) is 0 Å². The van der Waals surface area contributed by atoms with E-state index in [9.17, 15) is 9.00 Å². The van der Waals surface area contributed by atoms with Crippen LogP contribution in [0.15, 0.2) is 54.6 Å². The second-order valence-electron chi connectivity index (χ2n) is 5.53. The molecule has 2 atom stereocenters. The Hall–Kier alpha value is -1.94. The van der Waals surface area contributed by atoms with E-state index in [0.717, 1.165) is 16.7 Å². The van der Waals surface area contributed by atoms with Crippen LogP contribution in [-0.2, 0) is 15.8 Å². The number of rotatable bonds is 5. The molecular formula is C18H21NO2S. The molecule has 22 heavy (non-hydrogen) atoms. The smallest absolute Gasteiger partial charge is 0.228 e. The van der Waals surface area contributed by atoms with Crippen LogP contribution >= 0.6 is 0 Å². The molecule has 0 bridgehead atoms. The Balaban J connectivity index is 2.54. The fraction of sp³-hybridized carbons (Fsp3) is 0.278. The highest BCUT2D eigenvalue weighted by molar-refractivity contribution is 7.84. The van der Waals surface area contributed by atoms with Gasteiger partial charge in [-0.1, -0.05) is 68.4 Å². The molecule has 2 aromatic carbocycles. The Bertz CT molecular complexity index is 668. The summed E-state index contributed by atoms with van der Waals surface area (Å²) in [5.74, 6) is 0.0260. The van der Waals surface area contributed by atoms with Gasteiger partial charge in [-0.25, -0.2) is 4.21 Å². The van der Waals surface area contributed by atoms with Gasteiger partial charge in [-0.15, -0.1) is 0 Å². The molecule has 116 valence electrons. The zero-order valence-corrected chi connectivity index (χ0v) is 13.9. The summed E-state index contributed by atoms with van der Waals surface area (Å²) < 4.78 is 15.2. The summed E-state index contributed by atoms with van der Waals surface area (Å²) in [6, 6.07) is 17.6. The maximum Gasteiger partial charge on any atom is 0.228 e. The minimum atomic E-state index is -1.52. The van der Waals surface area contributed by atoms with E-state index in [0.29, 0.717) is 5.92 Å². The summed E-state index contributed by atoms with van der Waals surface area (Å²) in [5.41, 5.74) is 3.08. The molecule has 0 aliphatic carbocycles. The summed E-state index contributed by atoms with van der Waals surface area (Å²) in [6.07, 6.45) is 0. The Labute approximate surface area is 134 Å². The van der Waals surface area contributed by atoms with Gasteiger partial charge in [0.1, 0.15) is 16.2 Å². The monoisotopic (exact) mass is 315 g/mol. The highest BCUT2D eigenvalue weighted by Gasteiger charge is 2.25. The van der Waals surface area contributed by atoms with Crippen molar-refractivity contribution >= 4 is 16.9 Å². The van der Waals surface area contributed by atoms with Crippen molar-refractivity contribution < 1.29 is 9.00 Å². The minimum Gasteiger partial charge on any atom is -0.275 e. The Kier molecular flexibility index (Phi) is 5.50. The molecule has 0 aromatic heterocycles. The fourth-order valence-electron chi connectivity index (χ4n) is 2.52. The van der Waals surface area contributed by atoms with Gasteiger partial charge in [0, 0.05) is 6.92 Å². The maximum absolute atomic E-state index is 12.7. The molecule has 2 unspecified atom stereocenters. The first kappa shape index (κ1) is 16.4. The zero-order valence-electron chi connectivity index (χ0n) is 13.1. The molecule has 0 saturated heterocycles. The SMILES string of the molecule is CC(=O)NS(=O)C(c1ccccc1)c1ccccc1C(C)C. The molecule has 0 aliphatic rings. The van der Waals surface area contributed by atoms with E-state index >= 15 is 0 Å². The molecule has 4 heteroatoms. The molecule has 0 aliphatic heterocycles. The number of amides is 1. The molecule has 1 amide bonds. The lowest BCUT2D eigenvalue weighted by Gasteiger charge is -2.22. The highest BCUT2D eigenvalue weighted by Crippen LogP contribution is 2.33. The van der Waals surface area contributed by atoms with E-state index in [-0.39, 0.29) is 11.2 Å². The van der Waals surface area contributed by atoms with Crippen molar-refractivity contribution in [2.24, 2.45) is 0 Å². The molecule has 0 radical (unpaired) electrons. The van der Waals surface area contributed by atoms with Gasteiger partial charge in [0.15, 0.2) is 0 Å². The second kappa shape index (κ2) is 7.36. The van der Waals surface area contributed by atoms with E-state index in [1.165, 1.54) is 6.92 Å². The summed E-state index contributed by atoms with van der Waals surface area (Å²) in [4.78, 5) is 11.3. The van der Waals surface area contributed by atoms with Crippen molar-refractivity contribution in [3.63, 3.8) is 0 Å². The third-order valence-electron chi connectivity index (χ3n) is 3.46. The van der Waals surface area contributed by atoms with Gasteiger partial charge in [0.25, 0.3) is 0 Å². The number of benzene rings is 2. The highest BCUT2D eigenvalue weighted by atomic mass is 32.2. The minimum absolute atomic E-state index is 0.290. The molecule has 0 saturated carbocycles. The van der Waals surface area contributed by atoms with Gasteiger partial charge in [0.2, 0.25) is 5.91 Å². The van der Waals surface area contributed by atoms with Crippen LogP contribution in [0.2, 0.25) is 0 Å². The lowest BCUT2D eigenvalue weighted by atomic mass is 9.93. The number of carbonyl (C=O) groups is 1. The summed E-state index contributed by atoms with van der Waals surface area (Å²) in [5, 5.41) is -0.372. The average molecular weight is 315 g/mol. The van der Waals surface area contributed by atoms with Gasteiger partial charge < -0.3 is 0 Å². The van der Waals surface area contributed by atoms with Crippen molar-refractivity contribution in [3.05, 3.63) is 71.3 Å². The van der Waals surface area contributed by atoms with Crippen LogP contribution in [0, 0.1) is 0 Å². The first-order valence-electron chi connectivity index (χ1n) is 7.32. The van der Waals surface area contributed by atoms with Crippen LogP contribution in [0.1, 0.15) is 48.6 Å². The molecule has 0 spiro atoms. The van der Waals surface area contributed by atoms with E-state index in [1.807, 2.05) is 48.5 Å². The van der Waals surface area contributed by atoms with E-state index in [2.05, 4.69) is 24.6 Å². The third-order valence-corrected chi connectivity index (χ3v) is 4.90. The molecular weight excluding hydrogens is 294 g/mol. The van der Waals surface area contributed by atoms with Gasteiger partial charge in [-0.3, -0.25) is 9.52 Å². The fourth-order valence-corrected chi connectivity index (χ4v) is 3.77. The molecule has 2 rings (SSSR count). The summed E-state index contributed by atoms with van der Waals surface area (Å²) >= 11 is 0. The lowest BCUT2D eigenvalue weighted by Crippen LogP contribution is -2.28. The van der Waals surface area contributed by atoms with Crippen LogP contribution in [0.3, 0.4) is 0 Å². The Morgan fingerprint density at radius 2 is 1.50 bits per heavy atom. The summed E-state index contributed by atoms with van der Waals surface area (Å²) in [6.45, 7) is 5.61. The molecule has 0 fully saturated rings. The van der Waals surface area contributed by atoms with Crippen LogP contribution in [0.4, 0.5) is 0 Å². The Morgan fingerprint density at radius 1 is 0.955 bits per heavy atom. The molecule has 1 N–H and O–H groups in total. The van der Waals surface area contributed by atoms with Gasteiger partial charge in [-0.05, 0) is 22.6 Å². The third kappa shape index (κ3) is 3.83. The first-order chi connectivity index (χ1) is 10.5. The normalized spacial score (nSPS) is 13.6. The van der Waals surface area contributed by atoms with Crippen LogP contribution in [-0.4, -0.2) is 10.1 Å². The van der Waals surface area contributed by atoms with Crippen molar-refractivity contribution in [2.45, 2.75) is 31.9 Å². The summed E-state index contributed by atoms with van der Waals surface area (Å²) in [7, 11) is -1.52. The van der Waals surface area contributed by atoms with Gasteiger partial charge in [0.05, 0.1) is 0 Å². The average Bonchev–Trinajstić information content (AvgIpc) is 2.48. The maximum atomic E-state index is 12.7. The molecule has 2 aromatic rings. The first-order valence-corrected chi connectivity index (χ1v) is 8.53. The molecule has 0 heterocycles. The van der Waals surface area contributed by atoms with Gasteiger partial charge in [-0.2, -0.15) is 0 Å². The van der Waals surface area contributed by atoms with Crippen LogP contribution in [0.5, 0.6) is 0 Å². The van der Waals surface area contributed by atoms with E-state index in [4.69, 9.17) is 0 Å². The van der Waals surface area contributed by atoms with E-state index < -0.39 is 11.0 Å². The standard InChI is InChI=1S/C18H21NO2S/c1-13(2)16-11-7-8-12-17(16)18(22(21)19-14(3)20)15-9-5-4-6-10-15/h4-13,18H,1-3H3,(H,19,20). The quantitative estimate of drug-likeness (QED) is 0.914. The number of hydrogen-bond acceptors (Lipinski definition) is 2. The number of nitrogens with one attached hydrogen (secondary N) is 1. The lowest BCUT2D eigenvalue weighted by molar-refractivity contribution is -0.117. The van der Waals surface area contributed by atoms with Crippen molar-refractivity contribution in [1.82, 2.24) is 4.72 Å². The predicted molar refractivity (Wildman–Crippen MR) is 90.8 cm³/mol. The predicted octanol–water partition coefficient (Wildman–Crippen LogP) is 3.70. The van der Waals surface area contributed by atoms with Crippen molar-refractivity contribution in [1.29, 1.82) is 0 Å². The van der Waals surface area contributed by atoms with Crippen molar-refractivity contribution in [3.8, 4) is 0 Å². The van der Waals surface area contributed by atoms with Crippen molar-refractivity contribution in [2.75, 3.05) is 0 Å². The second-order valence-corrected chi connectivity index (χ2v) is 6.80. The Morgan fingerprint density at radius 3 is 2.05 bits per heavy atom. The topological polar surface area (TPSA) is 46.2 Å². The largest absolute Gasteiger partial charge is 0.275 e. The number of hydrogen-bond donors (Lipinski definition) is 1. The number of carbonyl (C=O) groups excluding carboxylic acids is 1. The zero-order chi connectivity index (χ0) is 16.1.